The Labute approximate surface area is 163 Å². The number of hydrogen-bond acceptors (Lipinski definition) is 4. The molecule has 0 amide bonds. The van der Waals surface area contributed by atoms with Gasteiger partial charge < -0.3 is 10.0 Å². The van der Waals surface area contributed by atoms with Gasteiger partial charge in [-0.05, 0) is 56.7 Å². The van der Waals surface area contributed by atoms with Crippen LogP contribution in [0.2, 0.25) is 0 Å². The van der Waals surface area contributed by atoms with Crippen LogP contribution in [0.4, 0.5) is 5.69 Å². The van der Waals surface area contributed by atoms with Crippen LogP contribution < -0.4 is 10.5 Å². The molecule has 0 fully saturated rings. The Kier molecular flexibility index (Phi) is 5.59. The van der Waals surface area contributed by atoms with E-state index in [-0.39, 0.29) is 11.1 Å². The van der Waals surface area contributed by atoms with Crippen molar-refractivity contribution in [2.75, 3.05) is 18.0 Å². The van der Waals surface area contributed by atoms with Crippen LogP contribution in [0.1, 0.15) is 41.0 Å². The number of pyridine rings is 1. The van der Waals surface area contributed by atoms with Crippen molar-refractivity contribution in [3.63, 3.8) is 0 Å². The van der Waals surface area contributed by atoms with Crippen molar-refractivity contribution in [3.05, 3.63) is 75.3 Å². The van der Waals surface area contributed by atoms with Gasteiger partial charge in [0.15, 0.2) is 0 Å². The molecule has 144 valence electrons. The Hall–Kier alpha value is -3.41. The van der Waals surface area contributed by atoms with Gasteiger partial charge in [-0.25, -0.2) is 9.78 Å². The van der Waals surface area contributed by atoms with E-state index in [1.165, 1.54) is 22.4 Å². The molecule has 6 nitrogen and oxygen atoms in total. The highest BCUT2D eigenvalue weighted by Crippen LogP contribution is 2.17. The molecule has 3 aromatic rings. The summed E-state index contributed by atoms with van der Waals surface area (Å²) in [6.07, 6.45) is 5.04. The average Bonchev–Trinajstić information content (AvgIpc) is 2.71. The third-order valence-electron chi connectivity index (χ3n) is 4.79. The van der Waals surface area contributed by atoms with Gasteiger partial charge in [-0.15, -0.1) is 0 Å². The fraction of sp³-hybridized carbons (Fsp3) is 0.227. The molecular weight excluding hydrogens is 354 g/mol. The molecule has 0 aliphatic heterocycles. The topological polar surface area (TPSA) is 74.9 Å². The minimum absolute atomic E-state index is 0.0485. The van der Waals surface area contributed by atoms with Gasteiger partial charge in [0.1, 0.15) is 5.65 Å². The summed E-state index contributed by atoms with van der Waals surface area (Å²) >= 11 is 0. The summed E-state index contributed by atoms with van der Waals surface area (Å²) in [6, 6.07) is 11.2. The lowest BCUT2D eigenvalue weighted by Crippen LogP contribution is -2.21. The molecule has 6 heteroatoms. The SMILES string of the molecule is CCN(CC)c1ccc(C=Cc2nc3ccc(C(=O)O)cn3c(=O)c2C)cc1. The van der Waals surface area contributed by atoms with Crippen molar-refractivity contribution in [2.45, 2.75) is 20.8 Å². The van der Waals surface area contributed by atoms with Crippen LogP contribution in [0.15, 0.2) is 47.4 Å². The van der Waals surface area contributed by atoms with Gasteiger partial charge in [-0.3, -0.25) is 9.20 Å². The van der Waals surface area contributed by atoms with Crippen LogP contribution in [0.5, 0.6) is 0 Å². The van der Waals surface area contributed by atoms with Crippen LogP contribution in [-0.2, 0) is 0 Å². The maximum absolute atomic E-state index is 12.6. The summed E-state index contributed by atoms with van der Waals surface area (Å²) in [4.78, 5) is 30.5. The Morgan fingerprint density at radius 2 is 1.79 bits per heavy atom. The number of carboxylic acids is 1. The van der Waals surface area contributed by atoms with E-state index in [1.807, 2.05) is 24.3 Å². The van der Waals surface area contributed by atoms with Crippen molar-refractivity contribution in [1.82, 2.24) is 9.38 Å². The molecule has 28 heavy (non-hydrogen) atoms. The van der Waals surface area contributed by atoms with Crippen molar-refractivity contribution in [3.8, 4) is 0 Å². The molecule has 0 saturated heterocycles. The van der Waals surface area contributed by atoms with Gasteiger partial charge in [-0.2, -0.15) is 0 Å². The van der Waals surface area contributed by atoms with Crippen LogP contribution in [0, 0.1) is 6.92 Å². The van der Waals surface area contributed by atoms with E-state index in [1.54, 1.807) is 13.0 Å². The van der Waals surface area contributed by atoms with Gasteiger partial charge in [0.2, 0.25) is 0 Å². The third-order valence-corrected chi connectivity index (χ3v) is 4.79. The van der Waals surface area contributed by atoms with E-state index in [4.69, 9.17) is 5.11 Å². The molecule has 3 rings (SSSR count). The normalized spacial score (nSPS) is 11.2. The second-order valence-corrected chi connectivity index (χ2v) is 6.48. The monoisotopic (exact) mass is 377 g/mol. The average molecular weight is 377 g/mol. The van der Waals surface area contributed by atoms with E-state index in [9.17, 15) is 9.59 Å². The number of aromatic nitrogens is 2. The number of rotatable bonds is 6. The largest absolute Gasteiger partial charge is 0.478 e. The van der Waals surface area contributed by atoms with Crippen molar-refractivity contribution >= 4 is 29.5 Å². The maximum Gasteiger partial charge on any atom is 0.337 e. The highest BCUT2D eigenvalue weighted by atomic mass is 16.4. The number of carbonyl (C=O) groups is 1. The summed E-state index contributed by atoms with van der Waals surface area (Å²) < 4.78 is 1.27. The molecule has 0 unspecified atom stereocenters. The highest BCUT2D eigenvalue weighted by Gasteiger charge is 2.10. The zero-order chi connectivity index (χ0) is 20.3. The highest BCUT2D eigenvalue weighted by molar-refractivity contribution is 5.87. The lowest BCUT2D eigenvalue weighted by molar-refractivity contribution is 0.0696. The van der Waals surface area contributed by atoms with E-state index < -0.39 is 5.97 Å². The van der Waals surface area contributed by atoms with Crippen LogP contribution in [-0.4, -0.2) is 33.6 Å². The second kappa shape index (κ2) is 8.08. The predicted octanol–water partition coefficient (Wildman–Crippen LogP) is 3.72. The summed E-state index contributed by atoms with van der Waals surface area (Å²) in [5.74, 6) is -1.08. The zero-order valence-corrected chi connectivity index (χ0v) is 16.2. The predicted molar refractivity (Wildman–Crippen MR) is 112 cm³/mol. The fourth-order valence-electron chi connectivity index (χ4n) is 3.09. The molecule has 0 bridgehead atoms. The van der Waals surface area contributed by atoms with Crippen molar-refractivity contribution < 1.29 is 9.90 Å². The Morgan fingerprint density at radius 3 is 2.39 bits per heavy atom. The first-order valence-corrected chi connectivity index (χ1v) is 9.24. The van der Waals surface area contributed by atoms with Crippen molar-refractivity contribution in [2.24, 2.45) is 0 Å². The fourth-order valence-corrected chi connectivity index (χ4v) is 3.09. The van der Waals surface area contributed by atoms with E-state index in [0.717, 1.165) is 18.7 Å². The zero-order valence-electron chi connectivity index (χ0n) is 16.2. The number of hydrogen-bond donors (Lipinski definition) is 1. The Morgan fingerprint density at radius 1 is 1.11 bits per heavy atom. The number of benzene rings is 1. The van der Waals surface area contributed by atoms with E-state index in [2.05, 4.69) is 35.9 Å². The Bertz CT molecular complexity index is 1090. The minimum atomic E-state index is -1.08. The standard InChI is InChI=1S/C22H23N3O3/c1-4-24(5-2)18-10-6-16(7-11-18)8-12-19-15(3)21(26)25-14-17(22(27)28)9-13-20(25)23-19/h6-14H,4-5H2,1-3H3,(H,27,28). The molecule has 1 aromatic carbocycles. The summed E-state index contributed by atoms with van der Waals surface area (Å²) in [5, 5.41) is 9.10. The molecule has 0 atom stereocenters. The van der Waals surface area contributed by atoms with Crippen LogP contribution in [0.3, 0.4) is 0 Å². The lowest BCUT2D eigenvalue weighted by Gasteiger charge is -2.20. The lowest BCUT2D eigenvalue weighted by atomic mass is 10.1. The van der Waals surface area contributed by atoms with Crippen LogP contribution >= 0.6 is 0 Å². The van der Waals surface area contributed by atoms with Gasteiger partial charge >= 0.3 is 5.97 Å². The second-order valence-electron chi connectivity index (χ2n) is 6.48. The Balaban J connectivity index is 1.94. The molecule has 2 aromatic heterocycles. The van der Waals surface area contributed by atoms with Gasteiger partial charge in [0.05, 0.1) is 11.3 Å². The maximum atomic E-state index is 12.6. The van der Waals surface area contributed by atoms with Gasteiger partial charge in [0.25, 0.3) is 5.56 Å². The third kappa shape index (κ3) is 3.81. The smallest absolute Gasteiger partial charge is 0.337 e. The molecule has 2 heterocycles. The molecule has 0 aliphatic carbocycles. The van der Waals surface area contributed by atoms with Crippen LogP contribution in [0.25, 0.3) is 17.8 Å². The summed E-state index contributed by atoms with van der Waals surface area (Å²) in [7, 11) is 0. The molecule has 1 N–H and O–H groups in total. The molecular formula is C22H23N3O3. The van der Waals surface area contributed by atoms with Gasteiger partial charge in [-0.1, -0.05) is 18.2 Å². The first-order valence-electron chi connectivity index (χ1n) is 9.24. The summed E-state index contributed by atoms with van der Waals surface area (Å²) in [5.41, 5.74) is 3.42. The van der Waals surface area contributed by atoms with E-state index in [0.29, 0.717) is 16.9 Å². The van der Waals surface area contributed by atoms with Gasteiger partial charge in [0, 0.05) is 30.5 Å². The molecule has 0 radical (unpaired) electrons. The molecule has 0 spiro atoms. The number of carboxylic acid groups (broad SMARTS) is 1. The summed E-state index contributed by atoms with van der Waals surface area (Å²) in [6.45, 7) is 7.87. The molecule has 0 aliphatic rings. The number of fused-ring (bicyclic) bond motifs is 1. The van der Waals surface area contributed by atoms with Crippen molar-refractivity contribution in [1.29, 1.82) is 0 Å². The quantitative estimate of drug-likeness (QED) is 0.709. The number of aromatic carboxylic acids is 1. The number of nitrogens with zero attached hydrogens (tertiary/aromatic N) is 3. The number of anilines is 1. The minimum Gasteiger partial charge on any atom is -0.478 e. The first-order chi connectivity index (χ1) is 13.4. The van der Waals surface area contributed by atoms with E-state index >= 15 is 0 Å². The first kappa shape index (κ1) is 19.4. The molecule has 0 saturated carbocycles.